The zero-order chi connectivity index (χ0) is 9.40. The van der Waals surface area contributed by atoms with Gasteiger partial charge in [-0.3, -0.25) is 0 Å². The normalized spacial score (nSPS) is 8.42. The molecule has 0 amide bonds. The Morgan fingerprint density at radius 3 is 2.17 bits per heavy atom. The molecular weight excluding hydrogens is 200 g/mol. The van der Waals surface area contributed by atoms with Gasteiger partial charge in [0.25, 0.3) is 0 Å². The van der Waals surface area contributed by atoms with E-state index in [1.807, 2.05) is 0 Å². The van der Waals surface area contributed by atoms with Crippen molar-refractivity contribution in [1.82, 2.24) is 4.90 Å². The summed E-state index contributed by atoms with van der Waals surface area (Å²) in [5.41, 5.74) is 0. The molecule has 0 spiro atoms. The summed E-state index contributed by atoms with van der Waals surface area (Å²) in [5, 5.41) is 8.26. The Morgan fingerprint density at radius 1 is 1.33 bits per heavy atom. The van der Waals surface area contributed by atoms with Gasteiger partial charge in [0.05, 0.1) is 0 Å². The van der Waals surface area contributed by atoms with Crippen molar-refractivity contribution < 1.29 is 19.0 Å². The zero-order valence-electron chi connectivity index (χ0n) is 5.93. The van der Waals surface area contributed by atoms with Crippen LogP contribution in [0.15, 0.2) is 0 Å². The molecule has 1 N–H and O–H groups in total. The van der Waals surface area contributed by atoms with E-state index in [1.165, 1.54) is 0 Å². The van der Waals surface area contributed by atoms with Crippen LogP contribution in [0.3, 0.4) is 0 Å². The maximum absolute atomic E-state index is 10.1. The van der Waals surface area contributed by atoms with E-state index in [9.17, 15) is 13.9 Å². The summed E-state index contributed by atoms with van der Waals surface area (Å²) in [7, 11) is -0.793. The van der Waals surface area contributed by atoms with Gasteiger partial charge < -0.3 is 0 Å². The first-order valence-electron chi connectivity index (χ1n) is 2.86. The van der Waals surface area contributed by atoms with E-state index in [0.29, 0.717) is 0 Å². The van der Waals surface area contributed by atoms with Crippen LogP contribution < -0.4 is 0 Å². The van der Waals surface area contributed by atoms with Crippen molar-refractivity contribution in [3.8, 4) is 11.5 Å². The molecule has 0 aromatic carbocycles. The Hall–Kier alpha value is -0.550. The minimum absolute atomic E-state index is 0.0554. The van der Waals surface area contributed by atoms with Crippen LogP contribution in [0.4, 0.5) is 0 Å². The Morgan fingerprint density at radius 2 is 1.83 bits per heavy atom. The second-order valence-electron chi connectivity index (χ2n) is 1.68. The average molecular weight is 205 g/mol. The van der Waals surface area contributed by atoms with Gasteiger partial charge in [-0.2, -0.15) is 0 Å². The van der Waals surface area contributed by atoms with Crippen molar-refractivity contribution in [2.24, 2.45) is 0 Å². The topological polar surface area (TPSA) is 74.7 Å². The van der Waals surface area contributed by atoms with E-state index in [4.69, 9.17) is 5.11 Å². The molecule has 0 bridgehead atoms. The number of hydrogen-bond donors (Lipinski definition) is 1. The van der Waals surface area contributed by atoms with E-state index in [0.717, 1.165) is 4.90 Å². The fraction of sp³-hybridized carbons (Fsp3) is 0.400. The zero-order valence-corrected chi connectivity index (χ0v) is 7.72. The van der Waals surface area contributed by atoms with Crippen molar-refractivity contribution >= 4 is 21.8 Å². The summed E-state index contributed by atoms with van der Waals surface area (Å²) in [6.45, 7) is 0.0554. The van der Waals surface area contributed by atoms with E-state index in [1.54, 1.807) is 0 Å². The third-order valence-corrected chi connectivity index (χ3v) is 1.52. The van der Waals surface area contributed by atoms with Crippen molar-refractivity contribution in [1.29, 1.82) is 0 Å². The summed E-state index contributed by atoms with van der Waals surface area (Å²) >= 11 is 0. The molecule has 0 radical (unpaired) electrons. The second-order valence-corrected chi connectivity index (χ2v) is 2.44. The molecule has 0 aromatic heterocycles. The number of nitrogens with zero attached hydrogens (tertiary/aromatic N) is 1. The number of hydrogen-bond acceptors (Lipinski definition) is 4. The first-order valence-corrected chi connectivity index (χ1v) is 4.48. The molecule has 0 atom stereocenters. The van der Waals surface area contributed by atoms with Crippen molar-refractivity contribution in [2.45, 2.75) is 6.42 Å². The van der Waals surface area contributed by atoms with E-state index < -0.39 is 21.8 Å². The molecule has 0 aromatic rings. The van der Waals surface area contributed by atoms with Crippen LogP contribution in [0.1, 0.15) is 6.42 Å². The van der Waals surface area contributed by atoms with Crippen LogP contribution >= 0.6 is 15.8 Å². The van der Waals surface area contributed by atoms with Gasteiger partial charge in [-0.1, -0.05) is 0 Å². The number of rotatable bonds is 3. The predicted molar refractivity (Wildman–Crippen MR) is 41.9 cm³/mol. The molecule has 0 heterocycles. The molecule has 64 valence electrons. The average Bonchev–Trinajstić information content (AvgIpc) is 2.01. The summed E-state index contributed by atoms with van der Waals surface area (Å²) in [6.07, 6.45) is -0.148. The van der Waals surface area contributed by atoms with Crippen molar-refractivity contribution in [3.63, 3.8) is 0 Å². The molecule has 12 heavy (non-hydrogen) atoms. The summed E-state index contributed by atoms with van der Waals surface area (Å²) in [6, 6.07) is 0. The number of carboxylic acids is 1. The standard InChI is InChI=1S/C5H5NO4P2/c7-5(8)1-2-6(3-11-9)4-12-10/h1-2H2,(H,7,8). The number of carboxylic acid groups (broad SMARTS) is 1. The molecule has 0 unspecified atom stereocenters. The monoisotopic (exact) mass is 205 g/mol. The first-order chi connectivity index (χ1) is 5.70. The number of carbonyl (C=O) groups is 1. The minimum atomic E-state index is -0.992. The molecule has 0 aliphatic rings. The number of aliphatic carboxylic acids is 1. The van der Waals surface area contributed by atoms with Gasteiger partial charge in [0.2, 0.25) is 0 Å². The van der Waals surface area contributed by atoms with Gasteiger partial charge in [0.15, 0.2) is 0 Å². The summed E-state index contributed by atoms with van der Waals surface area (Å²) in [5.74, 6) is 3.42. The van der Waals surface area contributed by atoms with Crippen LogP contribution in [0.25, 0.3) is 0 Å². The predicted octanol–water partition coefficient (Wildman–Crippen LogP) is 1.18. The summed E-state index contributed by atoms with van der Waals surface area (Å²) < 4.78 is 20.0. The molecule has 7 heteroatoms. The Labute approximate surface area is 71.0 Å². The molecule has 0 aliphatic carbocycles. The second kappa shape index (κ2) is 7.12. The Balaban J connectivity index is 4.17. The third-order valence-electron chi connectivity index (χ3n) is 0.872. The van der Waals surface area contributed by atoms with Crippen LogP contribution in [0.5, 0.6) is 0 Å². The molecule has 0 saturated heterocycles. The SMILES string of the molecule is O=P#CN(C#P=O)CCC(=O)O. The van der Waals surface area contributed by atoms with Crippen LogP contribution in [0, 0.1) is 11.5 Å². The fourth-order valence-corrected chi connectivity index (χ4v) is 1.00. The van der Waals surface area contributed by atoms with Gasteiger partial charge in [-0.15, -0.1) is 0 Å². The molecule has 0 saturated carbocycles. The molecule has 0 aliphatic heterocycles. The Kier molecular flexibility index (Phi) is 6.79. The van der Waals surface area contributed by atoms with Gasteiger partial charge in [-0.25, -0.2) is 0 Å². The summed E-state index contributed by atoms with van der Waals surface area (Å²) in [4.78, 5) is 11.1. The molecule has 0 fully saturated rings. The van der Waals surface area contributed by atoms with Crippen molar-refractivity contribution in [2.75, 3.05) is 6.54 Å². The van der Waals surface area contributed by atoms with E-state index >= 15 is 0 Å². The van der Waals surface area contributed by atoms with Crippen molar-refractivity contribution in [3.05, 3.63) is 0 Å². The van der Waals surface area contributed by atoms with E-state index in [-0.39, 0.29) is 13.0 Å². The Bertz CT molecular complexity index is 325. The maximum atomic E-state index is 10.1. The third kappa shape index (κ3) is 6.18. The molecule has 5 nitrogen and oxygen atoms in total. The first kappa shape index (κ1) is 11.4. The quantitative estimate of drug-likeness (QED) is 0.553. The molecule has 0 rings (SSSR count). The van der Waals surface area contributed by atoms with Gasteiger partial charge >= 0.3 is 70.2 Å². The van der Waals surface area contributed by atoms with E-state index in [2.05, 4.69) is 11.5 Å². The van der Waals surface area contributed by atoms with Crippen LogP contribution in [-0.4, -0.2) is 22.5 Å². The van der Waals surface area contributed by atoms with Gasteiger partial charge in [-0.05, 0) is 0 Å². The molecular formula is C5H5NO4P2. The van der Waals surface area contributed by atoms with Crippen LogP contribution in [0.2, 0.25) is 0 Å². The van der Waals surface area contributed by atoms with Gasteiger partial charge in [0.1, 0.15) is 0 Å². The van der Waals surface area contributed by atoms with Gasteiger partial charge in [0, 0.05) is 0 Å². The van der Waals surface area contributed by atoms with Crippen LogP contribution in [-0.2, 0) is 13.9 Å². The fourth-order valence-electron chi connectivity index (χ4n) is 0.428.